The van der Waals surface area contributed by atoms with Gasteiger partial charge in [-0.25, -0.2) is 4.98 Å². The summed E-state index contributed by atoms with van der Waals surface area (Å²) in [6.07, 6.45) is 2.02. The molecule has 3 rings (SSSR count). The minimum atomic E-state index is -0.681. The quantitative estimate of drug-likeness (QED) is 0.758. The van der Waals surface area contributed by atoms with E-state index in [1.165, 1.54) is 6.42 Å². The summed E-state index contributed by atoms with van der Waals surface area (Å²) >= 11 is 0. The van der Waals surface area contributed by atoms with Crippen molar-refractivity contribution in [3.8, 4) is 0 Å². The third-order valence-corrected chi connectivity index (χ3v) is 3.58. The van der Waals surface area contributed by atoms with Crippen LogP contribution in [0.2, 0.25) is 0 Å². The lowest BCUT2D eigenvalue weighted by Crippen LogP contribution is -2.20. The minimum absolute atomic E-state index is 0.0511. The van der Waals surface area contributed by atoms with Gasteiger partial charge in [0.1, 0.15) is 0 Å². The number of nitrogens with zero attached hydrogens (tertiary/aromatic N) is 1. The number of amides is 2. The van der Waals surface area contributed by atoms with Crippen LogP contribution in [0.4, 0.5) is 5.69 Å². The first-order valence-corrected chi connectivity index (χ1v) is 7.51. The zero-order chi connectivity index (χ0) is 16.9. The Balaban J connectivity index is 1.79. The molecule has 0 aliphatic rings. The number of hydrogen-bond acceptors (Lipinski definition) is 3. The number of primary amides is 1. The topological polar surface area (TPSA) is 85.1 Å². The fraction of sp³-hybridized carbons (Fsp3) is 0.0526. The van der Waals surface area contributed by atoms with Crippen molar-refractivity contribution in [2.45, 2.75) is 6.42 Å². The van der Waals surface area contributed by atoms with Crippen molar-refractivity contribution in [3.05, 3.63) is 78.3 Å². The summed E-state index contributed by atoms with van der Waals surface area (Å²) in [7, 11) is 0. The molecule has 3 aromatic rings. The van der Waals surface area contributed by atoms with Gasteiger partial charge < -0.3 is 11.1 Å². The van der Waals surface area contributed by atoms with Crippen molar-refractivity contribution in [1.82, 2.24) is 4.98 Å². The summed E-state index contributed by atoms with van der Waals surface area (Å²) < 4.78 is 0. The van der Waals surface area contributed by atoms with Gasteiger partial charge in [-0.2, -0.15) is 0 Å². The normalized spacial score (nSPS) is 10.5. The number of para-hydroxylation sites is 1. The monoisotopic (exact) mass is 318 g/mol. The molecule has 0 bridgehead atoms. The molecule has 5 heteroatoms. The summed E-state index contributed by atoms with van der Waals surface area (Å²) in [5.74, 6) is -0.988. The van der Waals surface area contributed by atoms with Crippen LogP contribution in [0, 0.1) is 6.42 Å². The lowest BCUT2D eigenvalue weighted by molar-refractivity contribution is -0.113. The van der Waals surface area contributed by atoms with Gasteiger partial charge >= 0.3 is 0 Å². The van der Waals surface area contributed by atoms with E-state index >= 15 is 0 Å². The summed E-state index contributed by atoms with van der Waals surface area (Å²) in [4.78, 5) is 28.0. The van der Waals surface area contributed by atoms with Crippen LogP contribution in [0.15, 0.2) is 60.7 Å². The first-order chi connectivity index (χ1) is 11.6. The van der Waals surface area contributed by atoms with E-state index in [0.717, 1.165) is 10.9 Å². The van der Waals surface area contributed by atoms with E-state index in [1.54, 1.807) is 12.1 Å². The Bertz CT molecular complexity index is 892. The zero-order valence-electron chi connectivity index (χ0n) is 12.9. The molecule has 1 aromatic heterocycles. The average Bonchev–Trinajstić information content (AvgIpc) is 2.60. The highest BCUT2D eigenvalue weighted by atomic mass is 16.2. The highest BCUT2D eigenvalue weighted by Gasteiger charge is 2.14. The lowest BCUT2D eigenvalue weighted by Gasteiger charge is -2.10. The number of pyridine rings is 1. The van der Waals surface area contributed by atoms with E-state index in [0.29, 0.717) is 17.6 Å². The third kappa shape index (κ3) is 3.57. The molecule has 0 unspecified atom stereocenters. The van der Waals surface area contributed by atoms with Gasteiger partial charge in [0.25, 0.3) is 5.91 Å². The summed E-state index contributed by atoms with van der Waals surface area (Å²) in [6, 6.07) is 18.7. The maximum absolute atomic E-state index is 12.2. The SMILES string of the molecule is NC(=O)c1nc2ccccc2cc1NC(=O)[CH]Cc1ccccc1. The van der Waals surface area contributed by atoms with E-state index < -0.39 is 5.91 Å². The minimum Gasteiger partial charge on any atom is -0.364 e. The molecule has 2 aromatic carbocycles. The Kier molecular flexibility index (Phi) is 4.52. The molecule has 119 valence electrons. The molecular formula is C19H16N3O2. The first kappa shape index (κ1) is 15.7. The number of rotatable bonds is 5. The molecular weight excluding hydrogens is 302 g/mol. The predicted octanol–water partition coefficient (Wildman–Crippen LogP) is 2.72. The second-order valence-electron chi connectivity index (χ2n) is 5.32. The van der Waals surface area contributed by atoms with Gasteiger partial charge in [-0.1, -0.05) is 48.5 Å². The van der Waals surface area contributed by atoms with E-state index in [4.69, 9.17) is 5.73 Å². The van der Waals surface area contributed by atoms with Gasteiger partial charge in [0.2, 0.25) is 5.91 Å². The maximum atomic E-state index is 12.2. The molecule has 0 spiro atoms. The molecule has 0 aliphatic carbocycles. The number of benzene rings is 2. The van der Waals surface area contributed by atoms with Gasteiger partial charge in [0, 0.05) is 5.39 Å². The van der Waals surface area contributed by atoms with Gasteiger partial charge in [-0.3, -0.25) is 9.59 Å². The lowest BCUT2D eigenvalue weighted by atomic mass is 10.1. The number of anilines is 1. The Morgan fingerprint density at radius 1 is 1.04 bits per heavy atom. The number of hydrogen-bond donors (Lipinski definition) is 2. The molecule has 2 amide bonds. The van der Waals surface area contributed by atoms with Crippen molar-refractivity contribution in [2.75, 3.05) is 5.32 Å². The van der Waals surface area contributed by atoms with Crippen LogP contribution in [-0.2, 0) is 11.2 Å². The Labute approximate surface area is 139 Å². The smallest absolute Gasteiger partial charge is 0.269 e. The Hall–Kier alpha value is -3.21. The largest absolute Gasteiger partial charge is 0.364 e. The molecule has 0 saturated carbocycles. The molecule has 0 aliphatic heterocycles. The van der Waals surface area contributed by atoms with Gasteiger partial charge in [-0.05, 0) is 24.1 Å². The van der Waals surface area contributed by atoms with E-state index in [9.17, 15) is 9.59 Å². The molecule has 1 heterocycles. The predicted molar refractivity (Wildman–Crippen MR) is 93.3 cm³/mol. The molecule has 0 saturated heterocycles. The fourth-order valence-electron chi connectivity index (χ4n) is 2.41. The van der Waals surface area contributed by atoms with E-state index in [2.05, 4.69) is 10.3 Å². The van der Waals surface area contributed by atoms with Crippen LogP contribution in [0.5, 0.6) is 0 Å². The number of carbonyl (C=O) groups excluding carboxylic acids is 2. The van der Waals surface area contributed by atoms with Crippen LogP contribution < -0.4 is 11.1 Å². The Morgan fingerprint density at radius 2 is 1.75 bits per heavy atom. The van der Waals surface area contributed by atoms with E-state index in [1.807, 2.05) is 48.5 Å². The van der Waals surface area contributed by atoms with Crippen molar-refractivity contribution < 1.29 is 9.59 Å². The van der Waals surface area contributed by atoms with Crippen LogP contribution >= 0.6 is 0 Å². The number of nitrogens with two attached hydrogens (primary N) is 1. The summed E-state index contributed by atoms with van der Waals surface area (Å²) in [5.41, 5.74) is 7.43. The highest BCUT2D eigenvalue weighted by molar-refractivity contribution is 6.06. The van der Waals surface area contributed by atoms with Crippen molar-refractivity contribution >= 4 is 28.4 Å². The molecule has 24 heavy (non-hydrogen) atoms. The van der Waals surface area contributed by atoms with E-state index in [-0.39, 0.29) is 11.6 Å². The van der Waals surface area contributed by atoms with Crippen LogP contribution in [-0.4, -0.2) is 16.8 Å². The van der Waals surface area contributed by atoms with Gasteiger partial charge in [-0.15, -0.1) is 0 Å². The number of nitrogens with one attached hydrogen (secondary N) is 1. The number of fused-ring (bicyclic) bond motifs is 1. The van der Waals surface area contributed by atoms with Gasteiger partial charge in [0.15, 0.2) is 5.69 Å². The van der Waals surface area contributed by atoms with Gasteiger partial charge in [0.05, 0.1) is 17.6 Å². The highest BCUT2D eigenvalue weighted by Crippen LogP contribution is 2.21. The average molecular weight is 318 g/mol. The van der Waals surface area contributed by atoms with Crippen molar-refractivity contribution in [2.24, 2.45) is 5.73 Å². The summed E-state index contributed by atoms with van der Waals surface area (Å²) in [6.45, 7) is 0. The third-order valence-electron chi connectivity index (χ3n) is 3.58. The first-order valence-electron chi connectivity index (χ1n) is 7.51. The number of carbonyl (C=O) groups is 2. The van der Waals surface area contributed by atoms with Crippen LogP contribution in [0.3, 0.4) is 0 Å². The van der Waals surface area contributed by atoms with Crippen LogP contribution in [0.1, 0.15) is 16.1 Å². The standard InChI is InChI=1S/C19H16N3O2/c20-19(24)18-16(12-14-8-4-5-9-15(14)22-18)21-17(23)11-10-13-6-2-1-3-7-13/h1-9,11-12H,10H2,(H2,20,24)(H,21,23). The molecule has 3 N–H and O–H groups in total. The second kappa shape index (κ2) is 6.91. The number of aromatic nitrogens is 1. The molecule has 5 nitrogen and oxygen atoms in total. The van der Waals surface area contributed by atoms with Crippen LogP contribution in [0.25, 0.3) is 10.9 Å². The van der Waals surface area contributed by atoms with Crippen molar-refractivity contribution in [1.29, 1.82) is 0 Å². The second-order valence-corrected chi connectivity index (χ2v) is 5.32. The zero-order valence-corrected chi connectivity index (χ0v) is 12.9. The Morgan fingerprint density at radius 3 is 2.50 bits per heavy atom. The fourth-order valence-corrected chi connectivity index (χ4v) is 2.41. The molecule has 1 radical (unpaired) electrons. The summed E-state index contributed by atoms with van der Waals surface area (Å²) in [5, 5.41) is 3.52. The van der Waals surface area contributed by atoms with Crippen molar-refractivity contribution in [3.63, 3.8) is 0 Å². The molecule has 0 fully saturated rings. The maximum Gasteiger partial charge on any atom is 0.269 e. The molecule has 0 atom stereocenters.